The fourth-order valence-corrected chi connectivity index (χ4v) is 3.65. The third-order valence-electron chi connectivity index (χ3n) is 5.19. The monoisotopic (exact) mass is 383 g/mol. The highest BCUT2D eigenvalue weighted by atomic mass is 19.1. The van der Waals surface area contributed by atoms with Gasteiger partial charge in [-0.3, -0.25) is 9.59 Å². The van der Waals surface area contributed by atoms with Crippen molar-refractivity contribution in [3.05, 3.63) is 53.8 Å². The molecule has 2 aromatic carbocycles. The number of hydrogen-bond acceptors (Lipinski definition) is 3. The second-order valence-electron chi connectivity index (χ2n) is 7.05. The number of aryl methyl sites for hydroxylation is 1. The lowest BCUT2D eigenvalue weighted by Crippen LogP contribution is -2.29. The number of nitrogens with one attached hydrogen (secondary N) is 1. The lowest BCUT2D eigenvalue weighted by molar-refractivity contribution is -0.122. The topological polar surface area (TPSA) is 52.6 Å². The molecule has 1 fully saturated rings. The van der Waals surface area contributed by atoms with Crippen LogP contribution in [0, 0.1) is 18.7 Å². The summed E-state index contributed by atoms with van der Waals surface area (Å²) in [6, 6.07) is 11.8. The van der Waals surface area contributed by atoms with Crippen LogP contribution in [-0.4, -0.2) is 31.4 Å². The predicted molar refractivity (Wildman–Crippen MR) is 110 cm³/mol. The molecule has 1 aliphatic rings. The first-order valence-electron chi connectivity index (χ1n) is 9.65. The molecule has 5 nitrogen and oxygen atoms in total. The van der Waals surface area contributed by atoms with Crippen LogP contribution in [0.25, 0.3) is 0 Å². The summed E-state index contributed by atoms with van der Waals surface area (Å²) in [5.41, 5.74) is 3.36. The molecule has 1 heterocycles. The maximum absolute atomic E-state index is 13.3. The average Bonchev–Trinajstić information content (AvgIpc) is 3.04. The number of carbonyl (C=O) groups excluding carboxylic acids is 2. The second kappa shape index (κ2) is 8.42. The molecule has 148 valence electrons. The van der Waals surface area contributed by atoms with Crippen molar-refractivity contribution in [2.45, 2.75) is 27.2 Å². The first kappa shape index (κ1) is 19.9. The third-order valence-corrected chi connectivity index (χ3v) is 5.19. The zero-order valence-corrected chi connectivity index (χ0v) is 16.5. The molecular weight excluding hydrogens is 357 g/mol. The van der Waals surface area contributed by atoms with Crippen LogP contribution < -0.4 is 15.1 Å². The molecule has 1 saturated heterocycles. The van der Waals surface area contributed by atoms with Crippen molar-refractivity contribution in [1.29, 1.82) is 0 Å². The number of benzene rings is 2. The average molecular weight is 383 g/mol. The SMILES string of the molecule is CCN(CC)c1ccc(N2CC(C(=O)Nc3cccc(F)c3)CC2=O)c(C)c1. The van der Waals surface area contributed by atoms with E-state index in [1.54, 1.807) is 11.0 Å². The van der Waals surface area contributed by atoms with Gasteiger partial charge in [-0.1, -0.05) is 6.07 Å². The Morgan fingerprint density at radius 1 is 1.21 bits per heavy atom. The molecular formula is C22H26FN3O2. The highest BCUT2D eigenvalue weighted by Gasteiger charge is 2.35. The number of halogens is 1. The molecule has 0 saturated carbocycles. The van der Waals surface area contributed by atoms with Gasteiger partial charge in [0.05, 0.1) is 5.92 Å². The van der Waals surface area contributed by atoms with Crippen LogP contribution in [0.4, 0.5) is 21.5 Å². The van der Waals surface area contributed by atoms with E-state index in [-0.39, 0.29) is 18.2 Å². The second-order valence-corrected chi connectivity index (χ2v) is 7.05. The molecule has 1 N–H and O–H groups in total. The van der Waals surface area contributed by atoms with Gasteiger partial charge in [0, 0.05) is 43.1 Å². The molecule has 1 unspecified atom stereocenters. The minimum atomic E-state index is -0.461. The normalized spacial score (nSPS) is 16.4. The number of anilines is 3. The fraction of sp³-hybridized carbons (Fsp3) is 0.364. The maximum Gasteiger partial charge on any atom is 0.229 e. The zero-order chi connectivity index (χ0) is 20.3. The smallest absolute Gasteiger partial charge is 0.229 e. The van der Waals surface area contributed by atoms with Crippen molar-refractivity contribution in [2.24, 2.45) is 5.92 Å². The first-order chi connectivity index (χ1) is 13.4. The van der Waals surface area contributed by atoms with Crippen LogP contribution in [0.1, 0.15) is 25.8 Å². The lowest BCUT2D eigenvalue weighted by atomic mass is 10.1. The maximum atomic E-state index is 13.3. The van der Waals surface area contributed by atoms with Crippen LogP contribution >= 0.6 is 0 Å². The summed E-state index contributed by atoms with van der Waals surface area (Å²) >= 11 is 0. The van der Waals surface area contributed by atoms with Gasteiger partial charge >= 0.3 is 0 Å². The molecule has 28 heavy (non-hydrogen) atoms. The highest BCUT2D eigenvalue weighted by Crippen LogP contribution is 2.31. The van der Waals surface area contributed by atoms with E-state index in [9.17, 15) is 14.0 Å². The quantitative estimate of drug-likeness (QED) is 0.821. The summed E-state index contributed by atoms with van der Waals surface area (Å²) in [4.78, 5) is 29.0. The number of carbonyl (C=O) groups is 2. The van der Waals surface area contributed by atoms with E-state index < -0.39 is 11.7 Å². The Balaban J connectivity index is 1.73. The van der Waals surface area contributed by atoms with Crippen molar-refractivity contribution >= 4 is 28.9 Å². The molecule has 0 radical (unpaired) electrons. The van der Waals surface area contributed by atoms with E-state index >= 15 is 0 Å². The molecule has 2 amide bonds. The zero-order valence-electron chi connectivity index (χ0n) is 16.5. The minimum Gasteiger partial charge on any atom is -0.372 e. The van der Waals surface area contributed by atoms with Gasteiger partial charge in [0.25, 0.3) is 0 Å². The van der Waals surface area contributed by atoms with Gasteiger partial charge in [0.15, 0.2) is 0 Å². The number of nitrogens with zero attached hydrogens (tertiary/aromatic N) is 2. The Hall–Kier alpha value is -2.89. The molecule has 1 atom stereocenters. The first-order valence-corrected chi connectivity index (χ1v) is 9.65. The van der Waals surface area contributed by atoms with E-state index in [4.69, 9.17) is 0 Å². The van der Waals surface area contributed by atoms with Gasteiger partial charge in [-0.2, -0.15) is 0 Å². The van der Waals surface area contributed by atoms with E-state index in [0.29, 0.717) is 12.2 Å². The third kappa shape index (κ3) is 4.16. The molecule has 6 heteroatoms. The molecule has 0 aromatic heterocycles. The van der Waals surface area contributed by atoms with E-state index in [1.165, 1.54) is 18.2 Å². The van der Waals surface area contributed by atoms with Crippen LogP contribution in [-0.2, 0) is 9.59 Å². The highest BCUT2D eigenvalue weighted by molar-refractivity contribution is 6.04. The van der Waals surface area contributed by atoms with Crippen LogP contribution in [0.5, 0.6) is 0 Å². The number of hydrogen-bond donors (Lipinski definition) is 1. The van der Waals surface area contributed by atoms with Gasteiger partial charge in [-0.15, -0.1) is 0 Å². The summed E-state index contributed by atoms with van der Waals surface area (Å²) < 4.78 is 13.3. The van der Waals surface area contributed by atoms with E-state index in [0.717, 1.165) is 30.0 Å². The van der Waals surface area contributed by atoms with Gasteiger partial charge in [0.2, 0.25) is 11.8 Å². The Labute approximate surface area is 165 Å². The van der Waals surface area contributed by atoms with Crippen molar-refractivity contribution in [3.8, 4) is 0 Å². The van der Waals surface area contributed by atoms with E-state index in [2.05, 4.69) is 30.1 Å². The molecule has 0 aliphatic carbocycles. The molecule has 2 aromatic rings. The Bertz CT molecular complexity index is 880. The van der Waals surface area contributed by atoms with Gasteiger partial charge in [-0.25, -0.2) is 4.39 Å². The molecule has 3 rings (SSSR count). The minimum absolute atomic E-state index is 0.0712. The molecule has 0 spiro atoms. The summed E-state index contributed by atoms with van der Waals surface area (Å²) in [6.07, 6.45) is 0.151. The van der Waals surface area contributed by atoms with Crippen molar-refractivity contribution < 1.29 is 14.0 Å². The Morgan fingerprint density at radius 3 is 2.61 bits per heavy atom. The standard InChI is InChI=1S/C22H26FN3O2/c1-4-25(5-2)19-9-10-20(15(3)11-19)26-14-16(12-21(26)27)22(28)24-18-8-6-7-17(23)13-18/h6-11,13,16H,4-5,12,14H2,1-3H3,(H,24,28). The Morgan fingerprint density at radius 2 is 1.96 bits per heavy atom. The summed E-state index contributed by atoms with van der Waals surface area (Å²) in [7, 11) is 0. The van der Waals surface area contributed by atoms with E-state index in [1.807, 2.05) is 19.1 Å². The van der Waals surface area contributed by atoms with Crippen LogP contribution in [0.15, 0.2) is 42.5 Å². The Kier molecular flexibility index (Phi) is 5.97. The summed E-state index contributed by atoms with van der Waals surface area (Å²) in [5.74, 6) is -1.21. The van der Waals surface area contributed by atoms with Crippen LogP contribution in [0.3, 0.4) is 0 Å². The van der Waals surface area contributed by atoms with Crippen molar-refractivity contribution in [1.82, 2.24) is 0 Å². The predicted octanol–water partition coefficient (Wildman–Crippen LogP) is 3.97. The fourth-order valence-electron chi connectivity index (χ4n) is 3.65. The van der Waals surface area contributed by atoms with Crippen molar-refractivity contribution in [3.63, 3.8) is 0 Å². The lowest BCUT2D eigenvalue weighted by Gasteiger charge is -2.24. The molecule has 1 aliphatic heterocycles. The van der Waals surface area contributed by atoms with Gasteiger partial charge in [-0.05, 0) is 62.7 Å². The number of amides is 2. The number of rotatable bonds is 6. The largest absolute Gasteiger partial charge is 0.372 e. The van der Waals surface area contributed by atoms with Crippen LogP contribution in [0.2, 0.25) is 0 Å². The van der Waals surface area contributed by atoms with Gasteiger partial charge < -0.3 is 15.1 Å². The molecule has 0 bridgehead atoms. The van der Waals surface area contributed by atoms with Gasteiger partial charge in [0.1, 0.15) is 5.82 Å². The van der Waals surface area contributed by atoms with Crippen molar-refractivity contribution in [2.75, 3.05) is 34.8 Å². The summed E-state index contributed by atoms with van der Waals surface area (Å²) in [5, 5.41) is 2.71. The summed E-state index contributed by atoms with van der Waals surface area (Å²) in [6.45, 7) is 8.36.